The summed E-state index contributed by atoms with van der Waals surface area (Å²) in [5.74, 6) is 1.64. The number of benzene rings is 2. The minimum absolute atomic E-state index is 0.437. The summed E-state index contributed by atoms with van der Waals surface area (Å²) in [4.78, 5) is 8.81. The molecule has 0 atom stereocenters. The van der Waals surface area contributed by atoms with Crippen LogP contribution in [0.1, 0.15) is 37.9 Å². The Morgan fingerprint density at radius 2 is 1.61 bits per heavy atom. The van der Waals surface area contributed by atoms with Crippen LogP contribution < -0.4 is 0 Å². The maximum Gasteiger partial charge on any atom is 0.133 e. The second-order valence-corrected chi connectivity index (χ2v) is 8.97. The van der Waals surface area contributed by atoms with E-state index in [1.807, 2.05) is 49.4 Å². The largest absolute Gasteiger partial charge is 0.369 e. The Bertz CT molecular complexity index is 843. The lowest BCUT2D eigenvalue weighted by Gasteiger charge is -2.02. The van der Waals surface area contributed by atoms with Crippen molar-refractivity contribution in [3.63, 3.8) is 0 Å². The summed E-state index contributed by atoms with van der Waals surface area (Å²) in [6.45, 7) is 9.49. The van der Waals surface area contributed by atoms with Gasteiger partial charge in [0, 0.05) is 20.6 Å². The van der Waals surface area contributed by atoms with Gasteiger partial charge in [-0.1, -0.05) is 86.1 Å². The van der Waals surface area contributed by atoms with E-state index in [2.05, 4.69) is 30.7 Å². The number of nitrogens with zero attached hydrogens (tertiary/aromatic N) is 1. The Morgan fingerprint density at radius 3 is 2.21 bits per heavy atom. The zero-order valence-corrected chi connectivity index (χ0v) is 19.0. The minimum Gasteiger partial charge on any atom is -0.369 e. The summed E-state index contributed by atoms with van der Waals surface area (Å²) in [5, 5.41) is 2.13. The fourth-order valence-electron chi connectivity index (χ4n) is 2.21. The first-order valence-electron chi connectivity index (χ1n) is 9.14. The molecule has 0 aliphatic carbocycles. The second kappa shape index (κ2) is 11.5. The van der Waals surface area contributed by atoms with Crippen LogP contribution in [0.3, 0.4) is 0 Å². The van der Waals surface area contributed by atoms with Crippen molar-refractivity contribution in [1.82, 2.24) is 9.97 Å². The number of aromatic nitrogens is 2. The maximum atomic E-state index is 6.04. The van der Waals surface area contributed by atoms with Gasteiger partial charge in [0.05, 0.1) is 6.61 Å². The molecule has 1 N–H and O–H groups in total. The highest BCUT2D eigenvalue weighted by Gasteiger charge is 2.10. The lowest BCUT2D eigenvalue weighted by Crippen LogP contribution is -1.95. The molecule has 1 heterocycles. The van der Waals surface area contributed by atoms with Gasteiger partial charge in [-0.05, 0) is 36.6 Å². The van der Waals surface area contributed by atoms with Crippen molar-refractivity contribution in [3.05, 3.63) is 75.7 Å². The molecule has 0 unspecified atom stereocenters. The Kier molecular flexibility index (Phi) is 9.39. The summed E-state index contributed by atoms with van der Waals surface area (Å²) in [7, 11) is 0. The van der Waals surface area contributed by atoms with Crippen molar-refractivity contribution in [2.45, 2.75) is 50.8 Å². The van der Waals surface area contributed by atoms with Gasteiger partial charge in [-0.3, -0.25) is 0 Å². The predicted molar refractivity (Wildman–Crippen MR) is 119 cm³/mol. The van der Waals surface area contributed by atoms with Gasteiger partial charge in [0.2, 0.25) is 0 Å². The van der Waals surface area contributed by atoms with Crippen LogP contribution in [0.25, 0.3) is 0 Å². The molecular weight excluding hydrogens is 411 g/mol. The fraction of sp³-hybridized carbons (Fsp3) is 0.318. The van der Waals surface area contributed by atoms with Crippen LogP contribution in [-0.2, 0) is 18.0 Å². The van der Waals surface area contributed by atoms with E-state index >= 15 is 0 Å². The molecule has 150 valence electrons. The van der Waals surface area contributed by atoms with E-state index < -0.39 is 0 Å². The Morgan fingerprint density at radius 1 is 1.00 bits per heavy atom. The third-order valence-electron chi connectivity index (χ3n) is 3.29. The summed E-state index contributed by atoms with van der Waals surface area (Å²) < 4.78 is 5.72. The van der Waals surface area contributed by atoms with Crippen molar-refractivity contribution < 1.29 is 4.74 Å². The Hall–Kier alpha value is -1.46. The van der Waals surface area contributed by atoms with Crippen molar-refractivity contribution in [1.29, 1.82) is 0 Å². The fourth-order valence-corrected chi connectivity index (χ4v) is 3.82. The molecule has 3 aromatic rings. The number of hydrogen-bond donors (Lipinski definition) is 1. The van der Waals surface area contributed by atoms with Crippen molar-refractivity contribution >= 4 is 35.0 Å². The number of aryl methyl sites for hydroxylation is 1. The topological polar surface area (TPSA) is 37.9 Å². The van der Waals surface area contributed by atoms with E-state index in [0.29, 0.717) is 23.3 Å². The number of ether oxygens (including phenoxy) is 1. The average molecular weight is 437 g/mol. The van der Waals surface area contributed by atoms with Gasteiger partial charge in [-0.2, -0.15) is 0 Å². The molecule has 0 spiro atoms. The molecule has 0 fully saturated rings. The smallest absolute Gasteiger partial charge is 0.133 e. The van der Waals surface area contributed by atoms with Gasteiger partial charge in [0.15, 0.2) is 0 Å². The lowest BCUT2D eigenvalue weighted by atomic mass is 10.2. The van der Waals surface area contributed by atoms with Crippen LogP contribution in [0.5, 0.6) is 0 Å². The van der Waals surface area contributed by atoms with E-state index in [1.165, 1.54) is 11.8 Å². The highest BCUT2D eigenvalue weighted by molar-refractivity contribution is 7.99. The van der Waals surface area contributed by atoms with Gasteiger partial charge >= 0.3 is 0 Å². The molecule has 3 rings (SSSR count). The first-order valence-corrected chi connectivity index (χ1v) is 10.7. The van der Waals surface area contributed by atoms with Gasteiger partial charge in [0.1, 0.15) is 17.5 Å². The van der Waals surface area contributed by atoms with Crippen LogP contribution in [0.4, 0.5) is 0 Å². The van der Waals surface area contributed by atoms with Crippen LogP contribution >= 0.6 is 35.0 Å². The average Bonchev–Trinajstić information content (AvgIpc) is 2.94. The second-order valence-electron chi connectivity index (χ2n) is 7.03. The lowest BCUT2D eigenvalue weighted by molar-refractivity contribution is 0.102. The van der Waals surface area contributed by atoms with Gasteiger partial charge < -0.3 is 9.72 Å². The number of nitrogens with one attached hydrogen (secondary N) is 1. The van der Waals surface area contributed by atoms with Crippen LogP contribution in [0.15, 0.2) is 58.5 Å². The van der Waals surface area contributed by atoms with E-state index in [9.17, 15) is 0 Å². The van der Waals surface area contributed by atoms with E-state index in [-0.39, 0.29) is 0 Å². The maximum absolute atomic E-state index is 6.04. The molecule has 28 heavy (non-hydrogen) atoms. The molecule has 6 heteroatoms. The summed E-state index contributed by atoms with van der Waals surface area (Å²) in [5.41, 5.74) is 2.14. The highest BCUT2D eigenvalue weighted by Crippen LogP contribution is 2.32. The molecule has 1 aromatic heterocycles. The standard InChI is InChI=1S/C18H16Cl2N2OS.C4H10/c1-12-18(24-16-8-14(19)7-15(20)9-16)22-17(21-12)11-23-10-13-5-3-2-4-6-13;1-4(2)3/h2-9H,10-11H2,1H3,(H,21,22);4H,1-3H3. The molecule has 0 saturated carbocycles. The van der Waals surface area contributed by atoms with Crippen molar-refractivity contribution in [3.8, 4) is 0 Å². The quantitative estimate of drug-likeness (QED) is 0.433. The van der Waals surface area contributed by atoms with E-state index in [1.54, 1.807) is 6.07 Å². The zero-order valence-electron chi connectivity index (χ0n) is 16.6. The number of aromatic amines is 1. The highest BCUT2D eigenvalue weighted by atomic mass is 35.5. The minimum atomic E-state index is 0.437. The molecule has 0 aliphatic heterocycles. The molecule has 0 bridgehead atoms. The Balaban J connectivity index is 0.000000640. The van der Waals surface area contributed by atoms with Crippen LogP contribution in [-0.4, -0.2) is 9.97 Å². The third kappa shape index (κ3) is 8.27. The van der Waals surface area contributed by atoms with Gasteiger partial charge in [-0.15, -0.1) is 0 Å². The Labute approximate surface area is 181 Å². The number of rotatable bonds is 6. The third-order valence-corrected chi connectivity index (χ3v) is 4.79. The predicted octanol–water partition coefficient (Wildman–Crippen LogP) is 7.56. The van der Waals surface area contributed by atoms with E-state index in [4.69, 9.17) is 27.9 Å². The first-order chi connectivity index (χ1) is 13.3. The van der Waals surface area contributed by atoms with Gasteiger partial charge in [-0.25, -0.2) is 4.98 Å². The number of H-pyrrole nitrogens is 1. The summed E-state index contributed by atoms with van der Waals surface area (Å²) >= 11 is 13.6. The normalized spacial score (nSPS) is 10.7. The molecule has 0 saturated heterocycles. The zero-order chi connectivity index (χ0) is 20.5. The molecular formula is C22H26Cl2N2OS. The monoisotopic (exact) mass is 436 g/mol. The SMILES string of the molecule is CC(C)C.Cc1[nH]c(COCc2ccccc2)nc1Sc1cc(Cl)cc(Cl)c1. The molecule has 0 amide bonds. The first kappa shape index (κ1) is 22.8. The summed E-state index contributed by atoms with van der Waals surface area (Å²) in [6.07, 6.45) is 0. The van der Waals surface area contributed by atoms with E-state index in [0.717, 1.165) is 32.9 Å². The molecule has 2 aromatic carbocycles. The van der Waals surface area contributed by atoms with Crippen molar-refractivity contribution in [2.75, 3.05) is 0 Å². The van der Waals surface area contributed by atoms with Crippen molar-refractivity contribution in [2.24, 2.45) is 5.92 Å². The molecule has 0 radical (unpaired) electrons. The number of imidazole rings is 1. The van der Waals surface area contributed by atoms with Crippen LogP contribution in [0, 0.1) is 12.8 Å². The number of hydrogen-bond acceptors (Lipinski definition) is 3. The molecule has 3 nitrogen and oxygen atoms in total. The number of halogens is 2. The molecule has 0 aliphatic rings. The van der Waals surface area contributed by atoms with Crippen LogP contribution in [0.2, 0.25) is 10.0 Å². The van der Waals surface area contributed by atoms with Gasteiger partial charge in [0.25, 0.3) is 0 Å². The summed E-state index contributed by atoms with van der Waals surface area (Å²) in [6, 6.07) is 15.5.